The second-order valence-corrected chi connectivity index (χ2v) is 9.26. The Morgan fingerprint density at radius 3 is 2.38 bits per heavy atom. The van der Waals surface area contributed by atoms with Crippen LogP contribution in [0.2, 0.25) is 10.0 Å². The molecular formula is C28H23Cl2N3O. The lowest BCUT2D eigenvalue weighted by molar-refractivity contribution is -0.132. The van der Waals surface area contributed by atoms with Gasteiger partial charge in [0.25, 0.3) is 0 Å². The minimum absolute atomic E-state index is 0.0225. The quantitative estimate of drug-likeness (QED) is 0.297. The molecule has 0 saturated heterocycles. The standard InChI is InChI=1S/C28H23Cl2N3O/c1-3-26(34)33-25(18-9-11-20(29)12-10-18)16-24(32-33)27-17(2)31-23-14-13-21(30)15-22(23)28(27)19-7-5-4-6-8-19/h4-15,25H,3,16H2,1-2H3. The number of hydrogen-bond donors (Lipinski definition) is 0. The zero-order chi connectivity index (χ0) is 23.8. The summed E-state index contributed by atoms with van der Waals surface area (Å²) in [7, 11) is 0. The number of halogens is 2. The van der Waals surface area contributed by atoms with Crippen LogP contribution in [0.4, 0.5) is 0 Å². The summed E-state index contributed by atoms with van der Waals surface area (Å²) in [6, 6.07) is 23.4. The van der Waals surface area contributed by atoms with Gasteiger partial charge in [-0.25, -0.2) is 5.01 Å². The molecule has 5 rings (SSSR count). The van der Waals surface area contributed by atoms with Gasteiger partial charge >= 0.3 is 0 Å². The fourth-order valence-electron chi connectivity index (χ4n) is 4.61. The van der Waals surface area contributed by atoms with Crippen LogP contribution in [-0.4, -0.2) is 21.6 Å². The molecule has 3 aromatic carbocycles. The molecule has 0 saturated carbocycles. The van der Waals surface area contributed by atoms with Crippen LogP contribution in [0, 0.1) is 6.92 Å². The molecule has 6 heteroatoms. The van der Waals surface area contributed by atoms with E-state index in [1.54, 1.807) is 5.01 Å². The number of benzene rings is 3. The Bertz CT molecular complexity index is 1420. The van der Waals surface area contributed by atoms with Crippen molar-refractivity contribution in [2.24, 2.45) is 5.10 Å². The number of aromatic nitrogens is 1. The molecule has 2 heterocycles. The first-order valence-corrected chi connectivity index (χ1v) is 12.0. The summed E-state index contributed by atoms with van der Waals surface area (Å²) in [4.78, 5) is 17.8. The number of fused-ring (bicyclic) bond motifs is 1. The summed E-state index contributed by atoms with van der Waals surface area (Å²) in [5.74, 6) is -0.0225. The van der Waals surface area contributed by atoms with Crippen molar-refractivity contribution >= 4 is 45.7 Å². The molecule has 34 heavy (non-hydrogen) atoms. The highest BCUT2D eigenvalue weighted by molar-refractivity contribution is 6.31. The number of rotatable bonds is 4. The average molecular weight is 488 g/mol. The molecule has 0 fully saturated rings. The zero-order valence-corrected chi connectivity index (χ0v) is 20.4. The lowest BCUT2D eigenvalue weighted by Crippen LogP contribution is -2.26. The number of hydrazone groups is 1. The number of carbonyl (C=O) groups excluding carboxylic acids is 1. The van der Waals surface area contributed by atoms with Gasteiger partial charge in [0.05, 0.1) is 17.3 Å². The predicted octanol–water partition coefficient (Wildman–Crippen LogP) is 7.60. The molecular weight excluding hydrogens is 465 g/mol. The monoisotopic (exact) mass is 487 g/mol. The fourth-order valence-corrected chi connectivity index (χ4v) is 4.91. The van der Waals surface area contributed by atoms with E-state index in [0.717, 1.165) is 44.6 Å². The largest absolute Gasteiger partial charge is 0.273 e. The van der Waals surface area contributed by atoms with Crippen LogP contribution in [0.25, 0.3) is 22.0 Å². The normalized spacial score (nSPS) is 15.6. The van der Waals surface area contributed by atoms with E-state index in [4.69, 9.17) is 33.3 Å². The Morgan fingerprint density at radius 1 is 0.971 bits per heavy atom. The molecule has 1 aromatic heterocycles. The third kappa shape index (κ3) is 4.08. The molecule has 0 spiro atoms. The lowest BCUT2D eigenvalue weighted by atomic mass is 9.89. The molecule has 4 nitrogen and oxygen atoms in total. The van der Waals surface area contributed by atoms with Crippen molar-refractivity contribution in [2.75, 3.05) is 0 Å². The van der Waals surface area contributed by atoms with E-state index in [2.05, 4.69) is 12.1 Å². The molecule has 1 atom stereocenters. The topological polar surface area (TPSA) is 45.6 Å². The van der Waals surface area contributed by atoms with Gasteiger partial charge in [-0.2, -0.15) is 5.10 Å². The van der Waals surface area contributed by atoms with Crippen molar-refractivity contribution < 1.29 is 4.79 Å². The summed E-state index contributed by atoms with van der Waals surface area (Å²) in [5, 5.41) is 8.77. The first-order valence-electron chi connectivity index (χ1n) is 11.3. The first-order chi connectivity index (χ1) is 16.5. The van der Waals surface area contributed by atoms with Crippen molar-refractivity contribution in [3.63, 3.8) is 0 Å². The molecule has 4 aromatic rings. The lowest BCUT2D eigenvalue weighted by Gasteiger charge is -2.21. The van der Waals surface area contributed by atoms with Crippen LogP contribution in [0.1, 0.15) is 42.6 Å². The van der Waals surface area contributed by atoms with Crippen LogP contribution in [0.15, 0.2) is 77.9 Å². The van der Waals surface area contributed by atoms with Gasteiger partial charge in [-0.15, -0.1) is 0 Å². The van der Waals surface area contributed by atoms with Crippen molar-refractivity contribution in [3.05, 3.63) is 99.7 Å². The smallest absolute Gasteiger partial charge is 0.242 e. The highest BCUT2D eigenvalue weighted by Crippen LogP contribution is 2.40. The van der Waals surface area contributed by atoms with Crippen LogP contribution in [0.5, 0.6) is 0 Å². The van der Waals surface area contributed by atoms with Crippen molar-refractivity contribution in [3.8, 4) is 11.1 Å². The zero-order valence-electron chi connectivity index (χ0n) is 18.9. The Kier molecular flexibility index (Phi) is 6.11. The average Bonchev–Trinajstić information content (AvgIpc) is 3.29. The highest BCUT2D eigenvalue weighted by Gasteiger charge is 2.34. The van der Waals surface area contributed by atoms with E-state index in [1.807, 2.05) is 74.5 Å². The molecule has 0 aliphatic carbocycles. The van der Waals surface area contributed by atoms with Crippen LogP contribution >= 0.6 is 23.2 Å². The van der Waals surface area contributed by atoms with E-state index >= 15 is 0 Å². The Labute approximate surface area is 208 Å². The van der Waals surface area contributed by atoms with Gasteiger partial charge in [0.15, 0.2) is 0 Å². The summed E-state index contributed by atoms with van der Waals surface area (Å²) in [6.45, 7) is 3.86. The van der Waals surface area contributed by atoms with Crippen LogP contribution < -0.4 is 0 Å². The van der Waals surface area contributed by atoms with E-state index in [9.17, 15) is 4.79 Å². The SMILES string of the molecule is CCC(=O)N1N=C(c2c(C)nc3ccc(Cl)cc3c2-c2ccccc2)CC1c1ccc(Cl)cc1. The molecule has 170 valence electrons. The Morgan fingerprint density at radius 2 is 1.68 bits per heavy atom. The van der Waals surface area contributed by atoms with Crippen LogP contribution in [0.3, 0.4) is 0 Å². The van der Waals surface area contributed by atoms with Gasteiger partial charge in [0, 0.05) is 45.1 Å². The number of pyridine rings is 1. The van der Waals surface area contributed by atoms with Gasteiger partial charge in [-0.3, -0.25) is 9.78 Å². The number of nitrogens with zero attached hydrogens (tertiary/aromatic N) is 3. The summed E-state index contributed by atoms with van der Waals surface area (Å²) < 4.78 is 0. The molecule has 0 bridgehead atoms. The van der Waals surface area contributed by atoms with Gasteiger partial charge in [-0.1, -0.05) is 72.6 Å². The molecule has 1 amide bonds. The molecule has 1 unspecified atom stereocenters. The molecule has 0 radical (unpaired) electrons. The van der Waals surface area contributed by atoms with E-state index < -0.39 is 0 Å². The van der Waals surface area contributed by atoms with E-state index in [1.165, 1.54) is 0 Å². The van der Waals surface area contributed by atoms with Crippen molar-refractivity contribution in [1.82, 2.24) is 9.99 Å². The maximum Gasteiger partial charge on any atom is 0.242 e. The van der Waals surface area contributed by atoms with Gasteiger partial charge in [0.1, 0.15) is 0 Å². The molecule has 0 N–H and O–H groups in total. The number of amides is 1. The minimum Gasteiger partial charge on any atom is -0.273 e. The number of aryl methyl sites for hydroxylation is 1. The fraction of sp³-hybridized carbons (Fsp3) is 0.179. The van der Waals surface area contributed by atoms with Gasteiger partial charge < -0.3 is 0 Å². The summed E-state index contributed by atoms with van der Waals surface area (Å²) in [5.41, 5.74) is 6.62. The Balaban J connectivity index is 1.73. The van der Waals surface area contributed by atoms with Crippen LogP contribution in [-0.2, 0) is 4.79 Å². The first kappa shape index (κ1) is 22.6. The van der Waals surface area contributed by atoms with E-state index in [0.29, 0.717) is 22.9 Å². The summed E-state index contributed by atoms with van der Waals surface area (Å²) in [6.07, 6.45) is 0.957. The van der Waals surface area contributed by atoms with E-state index in [-0.39, 0.29) is 11.9 Å². The third-order valence-corrected chi connectivity index (χ3v) is 6.69. The molecule has 1 aliphatic heterocycles. The maximum atomic E-state index is 12.9. The number of hydrogen-bond acceptors (Lipinski definition) is 3. The minimum atomic E-state index is -0.196. The highest BCUT2D eigenvalue weighted by atomic mass is 35.5. The predicted molar refractivity (Wildman–Crippen MR) is 139 cm³/mol. The second kappa shape index (κ2) is 9.21. The number of carbonyl (C=O) groups is 1. The molecule has 1 aliphatic rings. The van der Waals surface area contributed by atoms with Gasteiger partial charge in [0.2, 0.25) is 5.91 Å². The van der Waals surface area contributed by atoms with Gasteiger partial charge in [-0.05, 0) is 48.4 Å². The van der Waals surface area contributed by atoms with Crippen molar-refractivity contribution in [2.45, 2.75) is 32.7 Å². The van der Waals surface area contributed by atoms with Crippen molar-refractivity contribution in [1.29, 1.82) is 0 Å². The maximum absolute atomic E-state index is 12.9. The Hall–Kier alpha value is -3.21. The summed E-state index contributed by atoms with van der Waals surface area (Å²) >= 11 is 12.5. The second-order valence-electron chi connectivity index (χ2n) is 8.38. The third-order valence-electron chi connectivity index (χ3n) is 6.20.